The molecule has 1 aromatic carbocycles. The number of hydrogen-bond acceptors (Lipinski definition) is 4. The van der Waals surface area contributed by atoms with Gasteiger partial charge in [-0.2, -0.15) is 0 Å². The minimum Gasteiger partial charge on any atom is -0.497 e. The number of rotatable bonds is 7. The van der Waals surface area contributed by atoms with Gasteiger partial charge in [0.05, 0.1) is 20.1 Å². The Labute approximate surface area is 124 Å². The number of carbonyl (C=O) groups is 2. The molecule has 0 heterocycles. The molecule has 21 heavy (non-hydrogen) atoms. The quantitative estimate of drug-likeness (QED) is 0.831. The van der Waals surface area contributed by atoms with Gasteiger partial charge in [0.1, 0.15) is 11.5 Å². The summed E-state index contributed by atoms with van der Waals surface area (Å²) in [6.45, 7) is 3.97. The van der Waals surface area contributed by atoms with E-state index in [1.807, 2.05) is 6.92 Å². The van der Waals surface area contributed by atoms with Gasteiger partial charge in [-0.25, -0.2) is 0 Å². The lowest BCUT2D eigenvalue weighted by Gasteiger charge is -2.23. The molecular formula is C15H21NO5. The van der Waals surface area contributed by atoms with E-state index in [-0.39, 0.29) is 12.5 Å². The third-order valence-electron chi connectivity index (χ3n) is 3.18. The maximum absolute atomic E-state index is 12.5. The third-order valence-corrected chi connectivity index (χ3v) is 3.18. The topological polar surface area (TPSA) is 76.1 Å². The fourth-order valence-electron chi connectivity index (χ4n) is 1.88. The predicted octanol–water partition coefficient (Wildman–Crippen LogP) is 1.89. The molecule has 0 saturated heterocycles. The Bertz CT molecular complexity index is 493. The van der Waals surface area contributed by atoms with Gasteiger partial charge in [-0.15, -0.1) is 0 Å². The highest BCUT2D eigenvalue weighted by atomic mass is 16.5. The van der Waals surface area contributed by atoms with Gasteiger partial charge < -0.3 is 19.5 Å². The molecule has 0 aromatic heterocycles. The highest BCUT2D eigenvalue weighted by Crippen LogP contribution is 2.23. The molecule has 1 amide bonds. The summed E-state index contributed by atoms with van der Waals surface area (Å²) in [5.41, 5.74) is 0.408. The number of nitrogens with zero attached hydrogens (tertiary/aromatic N) is 1. The highest BCUT2D eigenvalue weighted by molar-refractivity contribution is 5.95. The van der Waals surface area contributed by atoms with E-state index < -0.39 is 11.9 Å². The summed E-state index contributed by atoms with van der Waals surface area (Å²) >= 11 is 0. The summed E-state index contributed by atoms with van der Waals surface area (Å²) in [5, 5.41) is 8.97. The van der Waals surface area contributed by atoms with Gasteiger partial charge in [0.25, 0.3) is 5.91 Å². The maximum Gasteiger partial charge on any atom is 0.308 e. The van der Waals surface area contributed by atoms with Crippen LogP contribution in [0.25, 0.3) is 0 Å². The van der Waals surface area contributed by atoms with Gasteiger partial charge in [-0.3, -0.25) is 9.59 Å². The number of ether oxygens (including phenoxy) is 2. The molecule has 6 nitrogen and oxygen atoms in total. The zero-order valence-corrected chi connectivity index (χ0v) is 12.8. The van der Waals surface area contributed by atoms with E-state index in [0.29, 0.717) is 23.6 Å². The van der Waals surface area contributed by atoms with E-state index >= 15 is 0 Å². The second-order valence-electron chi connectivity index (χ2n) is 4.68. The molecular weight excluding hydrogens is 274 g/mol. The van der Waals surface area contributed by atoms with Crippen molar-refractivity contribution >= 4 is 11.9 Å². The van der Waals surface area contributed by atoms with Crippen LogP contribution in [0, 0.1) is 5.92 Å². The number of methoxy groups -OCH3 is 2. The largest absolute Gasteiger partial charge is 0.497 e. The first-order valence-electron chi connectivity index (χ1n) is 6.68. The van der Waals surface area contributed by atoms with Crippen molar-refractivity contribution in [2.45, 2.75) is 13.8 Å². The molecule has 0 aliphatic heterocycles. The number of carboxylic acid groups (broad SMARTS) is 1. The van der Waals surface area contributed by atoms with Crippen molar-refractivity contribution in [1.82, 2.24) is 4.90 Å². The Balaban J connectivity index is 3.01. The number of benzene rings is 1. The first-order chi connectivity index (χ1) is 9.92. The van der Waals surface area contributed by atoms with E-state index in [0.717, 1.165) is 0 Å². The van der Waals surface area contributed by atoms with Crippen molar-refractivity contribution in [3.8, 4) is 11.5 Å². The first kappa shape index (κ1) is 16.8. The average molecular weight is 295 g/mol. The fourth-order valence-corrected chi connectivity index (χ4v) is 1.88. The van der Waals surface area contributed by atoms with Crippen LogP contribution in [0.5, 0.6) is 11.5 Å². The molecule has 0 spiro atoms. The second-order valence-corrected chi connectivity index (χ2v) is 4.68. The fraction of sp³-hybridized carbons (Fsp3) is 0.467. The van der Waals surface area contributed by atoms with Crippen molar-refractivity contribution in [2.75, 3.05) is 27.3 Å². The lowest BCUT2D eigenvalue weighted by Crippen LogP contribution is -2.36. The van der Waals surface area contributed by atoms with Gasteiger partial charge in [0, 0.05) is 24.7 Å². The maximum atomic E-state index is 12.5. The van der Waals surface area contributed by atoms with E-state index in [9.17, 15) is 9.59 Å². The summed E-state index contributed by atoms with van der Waals surface area (Å²) in [6, 6.07) is 4.89. The molecule has 0 aliphatic rings. The second kappa shape index (κ2) is 7.52. The van der Waals surface area contributed by atoms with Crippen LogP contribution in [-0.4, -0.2) is 49.2 Å². The van der Waals surface area contributed by atoms with Crippen molar-refractivity contribution in [1.29, 1.82) is 0 Å². The Morgan fingerprint density at radius 3 is 2.10 bits per heavy atom. The van der Waals surface area contributed by atoms with Crippen molar-refractivity contribution in [3.63, 3.8) is 0 Å². The molecule has 0 aliphatic carbocycles. The van der Waals surface area contributed by atoms with Gasteiger partial charge in [0.2, 0.25) is 0 Å². The molecule has 1 atom stereocenters. The molecule has 1 unspecified atom stereocenters. The van der Waals surface area contributed by atoms with Crippen molar-refractivity contribution < 1.29 is 24.2 Å². The van der Waals surface area contributed by atoms with Gasteiger partial charge in [-0.05, 0) is 19.1 Å². The lowest BCUT2D eigenvalue weighted by molar-refractivity contribution is -0.141. The Kier molecular flexibility index (Phi) is 6.02. The van der Waals surface area contributed by atoms with Crippen molar-refractivity contribution in [3.05, 3.63) is 23.8 Å². The Morgan fingerprint density at radius 2 is 1.71 bits per heavy atom. The minimum atomic E-state index is -0.926. The Hall–Kier alpha value is -2.24. The van der Waals surface area contributed by atoms with Crippen LogP contribution >= 0.6 is 0 Å². The average Bonchev–Trinajstić information content (AvgIpc) is 2.50. The van der Waals surface area contributed by atoms with E-state index in [1.54, 1.807) is 25.1 Å². The smallest absolute Gasteiger partial charge is 0.308 e. The van der Waals surface area contributed by atoms with Crippen molar-refractivity contribution in [2.24, 2.45) is 5.92 Å². The normalized spacial score (nSPS) is 11.6. The van der Waals surface area contributed by atoms with Gasteiger partial charge in [-0.1, -0.05) is 6.92 Å². The zero-order chi connectivity index (χ0) is 16.0. The zero-order valence-electron chi connectivity index (χ0n) is 12.8. The standard InChI is InChI=1S/C15H21NO5/c1-5-16(9-10(2)15(18)19)14(17)11-6-12(20-3)8-13(7-11)21-4/h6-8,10H,5,9H2,1-4H3,(H,18,19). The molecule has 1 N–H and O–H groups in total. The monoisotopic (exact) mass is 295 g/mol. The lowest BCUT2D eigenvalue weighted by atomic mass is 10.1. The molecule has 1 rings (SSSR count). The Morgan fingerprint density at radius 1 is 1.19 bits per heavy atom. The van der Waals surface area contributed by atoms with Crippen LogP contribution in [0.2, 0.25) is 0 Å². The van der Waals surface area contributed by atoms with Crippen LogP contribution in [0.15, 0.2) is 18.2 Å². The molecule has 6 heteroatoms. The van der Waals surface area contributed by atoms with Crippen LogP contribution in [0.3, 0.4) is 0 Å². The van der Waals surface area contributed by atoms with E-state index in [2.05, 4.69) is 0 Å². The number of carboxylic acids is 1. The summed E-state index contributed by atoms with van der Waals surface area (Å²) in [4.78, 5) is 24.9. The van der Waals surface area contributed by atoms with Crippen LogP contribution in [-0.2, 0) is 4.79 Å². The number of hydrogen-bond donors (Lipinski definition) is 1. The van der Waals surface area contributed by atoms with Crippen LogP contribution in [0.4, 0.5) is 0 Å². The summed E-state index contributed by atoms with van der Waals surface area (Å²) in [6.07, 6.45) is 0. The van der Waals surface area contributed by atoms with Crippen LogP contribution in [0.1, 0.15) is 24.2 Å². The first-order valence-corrected chi connectivity index (χ1v) is 6.68. The molecule has 1 aromatic rings. The summed E-state index contributed by atoms with van der Waals surface area (Å²) in [7, 11) is 3.01. The van der Waals surface area contributed by atoms with Gasteiger partial charge in [0.15, 0.2) is 0 Å². The molecule has 0 bridgehead atoms. The molecule has 0 saturated carbocycles. The SMILES string of the molecule is CCN(CC(C)C(=O)O)C(=O)c1cc(OC)cc(OC)c1. The summed E-state index contributed by atoms with van der Waals surface area (Å²) < 4.78 is 10.3. The molecule has 116 valence electrons. The van der Waals surface area contributed by atoms with Crippen LogP contribution < -0.4 is 9.47 Å². The highest BCUT2D eigenvalue weighted by Gasteiger charge is 2.21. The predicted molar refractivity (Wildman–Crippen MR) is 77.9 cm³/mol. The van der Waals surface area contributed by atoms with E-state index in [1.165, 1.54) is 19.1 Å². The van der Waals surface area contributed by atoms with Gasteiger partial charge >= 0.3 is 5.97 Å². The summed E-state index contributed by atoms with van der Waals surface area (Å²) in [5.74, 6) is -0.770. The van der Waals surface area contributed by atoms with E-state index in [4.69, 9.17) is 14.6 Å². The molecule has 0 fully saturated rings. The number of aliphatic carboxylic acids is 1. The minimum absolute atomic E-state index is 0.157. The molecule has 0 radical (unpaired) electrons. The number of amides is 1. The number of carbonyl (C=O) groups excluding carboxylic acids is 1. The third kappa shape index (κ3) is 4.37.